The lowest BCUT2D eigenvalue weighted by Crippen LogP contribution is -2.40. The largest absolute Gasteiger partial charge is 0.480 e. The molecule has 2 aromatic rings. The van der Waals surface area contributed by atoms with Gasteiger partial charge in [-0.2, -0.15) is 0 Å². The number of hydrogen-bond donors (Lipinski definition) is 2. The lowest BCUT2D eigenvalue weighted by atomic mass is 10.1. The number of unbranched alkanes of at least 4 members (excludes halogenated alkanes) is 1. The summed E-state index contributed by atoms with van der Waals surface area (Å²) in [5.74, 6) is -1.41. The fraction of sp³-hybridized carbons (Fsp3) is 0.312. The van der Waals surface area contributed by atoms with Crippen molar-refractivity contribution < 1.29 is 14.7 Å². The Balaban J connectivity index is 2.23. The molecule has 0 saturated heterocycles. The minimum Gasteiger partial charge on any atom is -0.480 e. The van der Waals surface area contributed by atoms with Crippen molar-refractivity contribution in [2.75, 3.05) is 0 Å². The van der Waals surface area contributed by atoms with E-state index in [4.69, 9.17) is 0 Å². The van der Waals surface area contributed by atoms with E-state index in [2.05, 4.69) is 10.3 Å². The van der Waals surface area contributed by atoms with Gasteiger partial charge in [-0.15, -0.1) is 0 Å². The van der Waals surface area contributed by atoms with Crippen molar-refractivity contribution in [3.05, 3.63) is 42.2 Å². The van der Waals surface area contributed by atoms with Crippen LogP contribution in [0.1, 0.15) is 36.5 Å². The average molecular weight is 286 g/mol. The van der Waals surface area contributed by atoms with E-state index in [0.717, 1.165) is 23.6 Å². The van der Waals surface area contributed by atoms with Crippen LogP contribution < -0.4 is 5.32 Å². The van der Waals surface area contributed by atoms with Gasteiger partial charge in [0.25, 0.3) is 5.91 Å². The van der Waals surface area contributed by atoms with Gasteiger partial charge in [0.05, 0.1) is 5.56 Å². The predicted molar refractivity (Wildman–Crippen MR) is 80.2 cm³/mol. The van der Waals surface area contributed by atoms with Crippen molar-refractivity contribution in [1.82, 2.24) is 10.3 Å². The Labute approximate surface area is 123 Å². The Bertz CT molecular complexity index is 650. The van der Waals surface area contributed by atoms with Crippen molar-refractivity contribution in [3.63, 3.8) is 0 Å². The minimum atomic E-state index is -1.01. The van der Waals surface area contributed by atoms with E-state index in [-0.39, 0.29) is 0 Å². The van der Waals surface area contributed by atoms with E-state index in [1.807, 2.05) is 31.2 Å². The molecular formula is C16H18N2O3. The van der Waals surface area contributed by atoms with Gasteiger partial charge < -0.3 is 10.4 Å². The normalized spacial score (nSPS) is 12.0. The van der Waals surface area contributed by atoms with E-state index in [1.165, 1.54) is 6.20 Å². The zero-order valence-corrected chi connectivity index (χ0v) is 11.9. The first-order valence-corrected chi connectivity index (χ1v) is 7.00. The third-order valence-corrected chi connectivity index (χ3v) is 3.36. The minimum absolute atomic E-state index is 0.399. The third kappa shape index (κ3) is 3.56. The molecule has 2 N–H and O–H groups in total. The third-order valence-electron chi connectivity index (χ3n) is 3.36. The van der Waals surface area contributed by atoms with Gasteiger partial charge in [0, 0.05) is 17.8 Å². The van der Waals surface area contributed by atoms with Crippen LogP contribution in [0.25, 0.3) is 10.8 Å². The number of hydrogen-bond acceptors (Lipinski definition) is 3. The average Bonchev–Trinajstić information content (AvgIpc) is 2.50. The molecule has 0 fully saturated rings. The second kappa shape index (κ2) is 6.83. The second-order valence-electron chi connectivity index (χ2n) is 4.91. The summed E-state index contributed by atoms with van der Waals surface area (Å²) in [5.41, 5.74) is 0.399. The Morgan fingerprint density at radius 3 is 2.76 bits per heavy atom. The van der Waals surface area contributed by atoms with Crippen LogP contribution in [0.2, 0.25) is 0 Å². The molecule has 110 valence electrons. The molecule has 21 heavy (non-hydrogen) atoms. The van der Waals surface area contributed by atoms with Crippen LogP contribution >= 0.6 is 0 Å². The van der Waals surface area contributed by atoms with E-state index in [1.54, 1.807) is 6.20 Å². The lowest BCUT2D eigenvalue weighted by Gasteiger charge is -2.14. The molecule has 0 saturated carbocycles. The van der Waals surface area contributed by atoms with Crippen LogP contribution in [0.3, 0.4) is 0 Å². The Kier molecular flexibility index (Phi) is 4.87. The molecule has 0 spiro atoms. The number of carbonyl (C=O) groups excluding carboxylic acids is 1. The number of carboxylic acid groups (broad SMARTS) is 1. The first kappa shape index (κ1) is 15.0. The molecule has 1 atom stereocenters. The topological polar surface area (TPSA) is 79.3 Å². The van der Waals surface area contributed by atoms with Gasteiger partial charge in [0.2, 0.25) is 0 Å². The zero-order valence-electron chi connectivity index (χ0n) is 11.9. The summed E-state index contributed by atoms with van der Waals surface area (Å²) in [6, 6.07) is 6.53. The van der Waals surface area contributed by atoms with Gasteiger partial charge in [-0.1, -0.05) is 44.0 Å². The van der Waals surface area contributed by atoms with Gasteiger partial charge in [0.1, 0.15) is 6.04 Å². The Morgan fingerprint density at radius 1 is 1.29 bits per heavy atom. The Morgan fingerprint density at radius 2 is 2.05 bits per heavy atom. The van der Waals surface area contributed by atoms with E-state index >= 15 is 0 Å². The number of aliphatic carboxylic acids is 1. The summed E-state index contributed by atoms with van der Waals surface area (Å²) in [4.78, 5) is 27.6. The van der Waals surface area contributed by atoms with Gasteiger partial charge in [0.15, 0.2) is 0 Å². The second-order valence-corrected chi connectivity index (χ2v) is 4.91. The molecule has 0 aliphatic rings. The molecule has 1 amide bonds. The molecular weight excluding hydrogens is 268 g/mol. The number of carboxylic acids is 1. The number of rotatable bonds is 6. The molecule has 1 aromatic carbocycles. The first-order valence-electron chi connectivity index (χ1n) is 7.00. The molecule has 2 rings (SSSR count). The highest BCUT2D eigenvalue weighted by Gasteiger charge is 2.21. The number of benzene rings is 1. The van der Waals surface area contributed by atoms with E-state index < -0.39 is 17.9 Å². The van der Waals surface area contributed by atoms with Gasteiger partial charge in [-0.05, 0) is 11.8 Å². The molecule has 1 unspecified atom stereocenters. The molecule has 5 heteroatoms. The quantitative estimate of drug-likeness (QED) is 0.855. The van der Waals surface area contributed by atoms with Crippen molar-refractivity contribution in [3.8, 4) is 0 Å². The number of aromatic nitrogens is 1. The summed E-state index contributed by atoms with van der Waals surface area (Å²) < 4.78 is 0. The first-order chi connectivity index (χ1) is 10.1. The summed E-state index contributed by atoms with van der Waals surface area (Å²) in [5, 5.41) is 13.4. The van der Waals surface area contributed by atoms with Crippen LogP contribution in [0.5, 0.6) is 0 Å². The number of pyridine rings is 1. The van der Waals surface area contributed by atoms with Crippen molar-refractivity contribution in [2.45, 2.75) is 32.2 Å². The van der Waals surface area contributed by atoms with E-state index in [9.17, 15) is 14.7 Å². The fourth-order valence-electron chi connectivity index (χ4n) is 2.20. The Hall–Kier alpha value is -2.43. The maximum atomic E-state index is 12.3. The van der Waals surface area contributed by atoms with Crippen LogP contribution in [0.4, 0.5) is 0 Å². The monoisotopic (exact) mass is 286 g/mol. The van der Waals surface area contributed by atoms with Crippen LogP contribution in [0.15, 0.2) is 36.7 Å². The van der Waals surface area contributed by atoms with Crippen molar-refractivity contribution in [1.29, 1.82) is 0 Å². The fourth-order valence-corrected chi connectivity index (χ4v) is 2.20. The number of amides is 1. The molecule has 1 aromatic heterocycles. The zero-order chi connectivity index (χ0) is 15.2. The maximum absolute atomic E-state index is 12.3. The van der Waals surface area contributed by atoms with Crippen molar-refractivity contribution in [2.24, 2.45) is 0 Å². The number of nitrogens with zero attached hydrogens (tertiary/aromatic N) is 1. The van der Waals surface area contributed by atoms with Crippen LogP contribution in [0, 0.1) is 0 Å². The van der Waals surface area contributed by atoms with Gasteiger partial charge in [-0.25, -0.2) is 4.79 Å². The van der Waals surface area contributed by atoms with Crippen molar-refractivity contribution >= 4 is 22.6 Å². The number of fused-ring (bicyclic) bond motifs is 1. The summed E-state index contributed by atoms with van der Waals surface area (Å²) >= 11 is 0. The molecule has 0 aliphatic carbocycles. The summed E-state index contributed by atoms with van der Waals surface area (Å²) in [6.07, 6.45) is 5.21. The lowest BCUT2D eigenvalue weighted by molar-refractivity contribution is -0.139. The summed E-state index contributed by atoms with van der Waals surface area (Å²) in [6.45, 7) is 1.98. The molecule has 5 nitrogen and oxygen atoms in total. The molecule has 1 heterocycles. The van der Waals surface area contributed by atoms with E-state index in [0.29, 0.717) is 12.0 Å². The standard InChI is InChI=1S/C16H18N2O3/c1-2-3-8-14(16(20)21)18-15(19)13-10-17-9-11-6-4-5-7-12(11)13/h4-7,9-10,14H,2-3,8H2,1H3,(H,18,19)(H,20,21). The highest BCUT2D eigenvalue weighted by molar-refractivity contribution is 6.07. The molecule has 0 bridgehead atoms. The van der Waals surface area contributed by atoms with Gasteiger partial charge >= 0.3 is 5.97 Å². The highest BCUT2D eigenvalue weighted by Crippen LogP contribution is 2.17. The predicted octanol–water partition coefficient (Wildman–Crippen LogP) is 2.61. The highest BCUT2D eigenvalue weighted by atomic mass is 16.4. The SMILES string of the molecule is CCCCC(NC(=O)c1cncc2ccccc12)C(=O)O. The van der Waals surface area contributed by atoms with Crippen LogP contribution in [-0.2, 0) is 4.79 Å². The van der Waals surface area contributed by atoms with Gasteiger partial charge in [-0.3, -0.25) is 9.78 Å². The summed E-state index contributed by atoms with van der Waals surface area (Å²) in [7, 11) is 0. The maximum Gasteiger partial charge on any atom is 0.326 e. The molecule has 0 radical (unpaired) electrons. The number of carbonyl (C=O) groups is 2. The van der Waals surface area contributed by atoms with Crippen LogP contribution in [-0.4, -0.2) is 28.0 Å². The number of nitrogens with one attached hydrogen (secondary N) is 1. The molecule has 0 aliphatic heterocycles. The smallest absolute Gasteiger partial charge is 0.326 e.